The number of carbonyl (C=O) groups is 3. The fourth-order valence-corrected chi connectivity index (χ4v) is 3.47. The summed E-state index contributed by atoms with van der Waals surface area (Å²) in [4.78, 5) is 38.2. The predicted molar refractivity (Wildman–Crippen MR) is 97.0 cm³/mol. The number of piperidine rings is 1. The van der Waals surface area contributed by atoms with Crippen LogP contribution in [0.2, 0.25) is 5.02 Å². The summed E-state index contributed by atoms with van der Waals surface area (Å²) < 4.78 is 0. The van der Waals surface area contributed by atoms with Crippen LogP contribution in [-0.2, 0) is 9.59 Å². The Balaban J connectivity index is 1.59. The summed E-state index contributed by atoms with van der Waals surface area (Å²) in [5.41, 5.74) is 0.535. The summed E-state index contributed by atoms with van der Waals surface area (Å²) in [6, 6.07) is 5.84. The van der Waals surface area contributed by atoms with Gasteiger partial charge in [0.05, 0.1) is 5.92 Å². The Labute approximate surface area is 157 Å². The number of nitrogens with zero attached hydrogens (tertiary/aromatic N) is 1. The Morgan fingerprint density at radius 3 is 2.50 bits per heavy atom. The Hall–Kier alpha value is -2.08. The lowest BCUT2D eigenvalue weighted by atomic mass is 9.95. The van der Waals surface area contributed by atoms with Crippen LogP contribution in [0.3, 0.4) is 0 Å². The minimum Gasteiger partial charge on any atom is -0.480 e. The van der Waals surface area contributed by atoms with Crippen molar-refractivity contribution in [3.8, 4) is 0 Å². The van der Waals surface area contributed by atoms with Gasteiger partial charge in [-0.2, -0.15) is 0 Å². The molecule has 0 aromatic heterocycles. The Morgan fingerprint density at radius 2 is 1.88 bits per heavy atom. The van der Waals surface area contributed by atoms with Crippen molar-refractivity contribution in [3.63, 3.8) is 0 Å². The third-order valence-corrected chi connectivity index (χ3v) is 5.30. The summed E-state index contributed by atoms with van der Waals surface area (Å²) in [6.07, 6.45) is 3.93. The molecule has 1 aromatic rings. The number of hydrogen-bond donors (Lipinski definition) is 2. The van der Waals surface area contributed by atoms with Crippen molar-refractivity contribution >= 4 is 29.4 Å². The van der Waals surface area contributed by atoms with Gasteiger partial charge in [-0.15, -0.1) is 0 Å². The monoisotopic (exact) mass is 378 g/mol. The van der Waals surface area contributed by atoms with E-state index >= 15 is 0 Å². The molecule has 6 nitrogen and oxygen atoms in total. The zero-order chi connectivity index (χ0) is 18.7. The van der Waals surface area contributed by atoms with Crippen molar-refractivity contribution < 1.29 is 19.5 Å². The average molecular weight is 379 g/mol. The van der Waals surface area contributed by atoms with Crippen LogP contribution in [0.1, 0.15) is 42.5 Å². The number of carboxylic acids is 1. The molecule has 7 heteroatoms. The molecule has 2 N–H and O–H groups in total. The van der Waals surface area contributed by atoms with Gasteiger partial charge in [-0.05, 0) is 49.4 Å². The van der Waals surface area contributed by atoms with Crippen LogP contribution in [0.15, 0.2) is 24.3 Å². The number of benzene rings is 1. The molecular formula is C19H23ClN2O4. The molecule has 2 fully saturated rings. The highest BCUT2D eigenvalue weighted by atomic mass is 35.5. The van der Waals surface area contributed by atoms with Gasteiger partial charge in [0, 0.05) is 23.7 Å². The molecule has 3 rings (SSSR count). The highest BCUT2D eigenvalue weighted by Crippen LogP contribution is 2.33. The Morgan fingerprint density at radius 1 is 1.19 bits per heavy atom. The van der Waals surface area contributed by atoms with Crippen molar-refractivity contribution in [1.29, 1.82) is 0 Å². The second kappa shape index (κ2) is 8.08. The minimum atomic E-state index is -0.991. The number of carboxylic acid groups (broad SMARTS) is 1. The van der Waals surface area contributed by atoms with Gasteiger partial charge < -0.3 is 15.3 Å². The molecule has 0 spiro atoms. The smallest absolute Gasteiger partial charge is 0.326 e. The van der Waals surface area contributed by atoms with Gasteiger partial charge in [0.1, 0.15) is 6.04 Å². The molecule has 1 aliphatic carbocycles. The lowest BCUT2D eigenvalue weighted by Crippen LogP contribution is -2.49. The van der Waals surface area contributed by atoms with E-state index in [-0.39, 0.29) is 17.7 Å². The summed E-state index contributed by atoms with van der Waals surface area (Å²) in [6.45, 7) is 0.902. The van der Waals surface area contributed by atoms with Crippen LogP contribution in [0, 0.1) is 11.8 Å². The van der Waals surface area contributed by atoms with Gasteiger partial charge >= 0.3 is 5.97 Å². The number of hydrogen-bond acceptors (Lipinski definition) is 3. The highest BCUT2D eigenvalue weighted by molar-refractivity contribution is 6.30. The second-order valence-electron chi connectivity index (χ2n) is 7.18. The molecule has 2 unspecified atom stereocenters. The maximum Gasteiger partial charge on any atom is 0.326 e. The largest absolute Gasteiger partial charge is 0.480 e. The van der Waals surface area contributed by atoms with Gasteiger partial charge in [0.2, 0.25) is 5.91 Å². The standard InChI is InChI=1S/C19H23ClN2O4/c20-15-7-5-13(6-8-15)18(24)22-9-1-2-14(11-22)17(23)21-16(19(25)26)10-12-3-4-12/h5-8,12,14,16H,1-4,9-11H2,(H,21,23)(H,25,26). The number of aliphatic carboxylic acids is 1. The summed E-state index contributed by atoms with van der Waals surface area (Å²) in [5.74, 6) is -1.36. The van der Waals surface area contributed by atoms with Gasteiger partial charge in [0.15, 0.2) is 0 Å². The van der Waals surface area contributed by atoms with Crippen molar-refractivity contribution in [2.75, 3.05) is 13.1 Å². The Kier molecular flexibility index (Phi) is 5.81. The topological polar surface area (TPSA) is 86.7 Å². The summed E-state index contributed by atoms with van der Waals surface area (Å²) >= 11 is 5.86. The molecule has 2 amide bonds. The Bertz CT molecular complexity index is 687. The maximum absolute atomic E-state index is 12.6. The molecule has 1 heterocycles. The highest BCUT2D eigenvalue weighted by Gasteiger charge is 2.34. The molecule has 1 saturated heterocycles. The first kappa shape index (κ1) is 18.7. The quantitative estimate of drug-likeness (QED) is 0.796. The van der Waals surface area contributed by atoms with Gasteiger partial charge in [-0.3, -0.25) is 9.59 Å². The predicted octanol–water partition coefficient (Wildman–Crippen LogP) is 2.56. The number of nitrogens with one attached hydrogen (secondary N) is 1. The van der Waals surface area contributed by atoms with E-state index in [1.807, 2.05) is 0 Å². The molecule has 26 heavy (non-hydrogen) atoms. The maximum atomic E-state index is 12.6. The number of halogens is 1. The third kappa shape index (κ3) is 4.75. The van der Waals surface area contributed by atoms with E-state index in [9.17, 15) is 19.5 Å². The van der Waals surface area contributed by atoms with E-state index in [2.05, 4.69) is 5.32 Å². The molecule has 1 aromatic carbocycles. The first-order valence-electron chi connectivity index (χ1n) is 9.02. The number of amides is 2. The SMILES string of the molecule is O=C(NC(CC1CC1)C(=O)O)C1CCCN(C(=O)c2ccc(Cl)cc2)C1. The van der Waals surface area contributed by atoms with Gasteiger partial charge in [-0.1, -0.05) is 24.4 Å². The van der Waals surface area contributed by atoms with Crippen LogP contribution >= 0.6 is 11.6 Å². The number of rotatable bonds is 6. The van der Waals surface area contributed by atoms with Crippen molar-refractivity contribution in [1.82, 2.24) is 10.2 Å². The average Bonchev–Trinajstić information content (AvgIpc) is 3.45. The van der Waals surface area contributed by atoms with Crippen LogP contribution in [0.4, 0.5) is 0 Å². The van der Waals surface area contributed by atoms with Crippen molar-refractivity contribution in [3.05, 3.63) is 34.9 Å². The van der Waals surface area contributed by atoms with E-state index in [1.165, 1.54) is 0 Å². The first-order chi connectivity index (χ1) is 12.4. The lowest BCUT2D eigenvalue weighted by molar-refractivity contribution is -0.143. The van der Waals surface area contributed by atoms with E-state index in [0.29, 0.717) is 42.4 Å². The normalized spacial score (nSPS) is 21.1. The second-order valence-corrected chi connectivity index (χ2v) is 7.61. The van der Waals surface area contributed by atoms with Crippen molar-refractivity contribution in [2.24, 2.45) is 11.8 Å². The summed E-state index contributed by atoms with van der Waals surface area (Å²) in [5, 5.41) is 12.6. The third-order valence-electron chi connectivity index (χ3n) is 5.05. The fraction of sp³-hybridized carbons (Fsp3) is 0.526. The summed E-state index contributed by atoms with van der Waals surface area (Å²) in [7, 11) is 0. The molecule has 1 aliphatic heterocycles. The van der Waals surface area contributed by atoms with Gasteiger partial charge in [0.25, 0.3) is 5.91 Å². The van der Waals surface area contributed by atoms with Crippen LogP contribution < -0.4 is 5.32 Å². The number of likely N-dealkylation sites (tertiary alicyclic amines) is 1. The molecule has 140 valence electrons. The van der Waals surface area contributed by atoms with Gasteiger partial charge in [-0.25, -0.2) is 4.79 Å². The minimum absolute atomic E-state index is 0.132. The van der Waals surface area contributed by atoms with E-state index in [4.69, 9.17) is 11.6 Å². The molecule has 0 radical (unpaired) electrons. The van der Waals surface area contributed by atoms with Crippen LogP contribution in [0.5, 0.6) is 0 Å². The van der Waals surface area contributed by atoms with E-state index < -0.39 is 12.0 Å². The van der Waals surface area contributed by atoms with E-state index in [1.54, 1.807) is 29.2 Å². The van der Waals surface area contributed by atoms with E-state index in [0.717, 1.165) is 19.3 Å². The number of carbonyl (C=O) groups excluding carboxylic acids is 2. The zero-order valence-corrected chi connectivity index (χ0v) is 15.2. The molecule has 1 saturated carbocycles. The molecule has 2 aliphatic rings. The molecule has 2 atom stereocenters. The lowest BCUT2D eigenvalue weighted by Gasteiger charge is -2.32. The zero-order valence-electron chi connectivity index (χ0n) is 14.5. The fourth-order valence-electron chi connectivity index (χ4n) is 3.35. The molecule has 0 bridgehead atoms. The van der Waals surface area contributed by atoms with Crippen LogP contribution in [0.25, 0.3) is 0 Å². The first-order valence-corrected chi connectivity index (χ1v) is 9.40. The molecular weight excluding hydrogens is 356 g/mol. The van der Waals surface area contributed by atoms with Crippen molar-refractivity contribution in [2.45, 2.75) is 38.1 Å². The van der Waals surface area contributed by atoms with Crippen LogP contribution in [-0.4, -0.2) is 46.9 Å².